The lowest BCUT2D eigenvalue weighted by Crippen LogP contribution is -2.26. The molecule has 0 aromatic carbocycles. The van der Waals surface area contributed by atoms with E-state index < -0.39 is 0 Å². The summed E-state index contributed by atoms with van der Waals surface area (Å²) in [5, 5.41) is 14.1. The monoisotopic (exact) mass is 235 g/mol. The Morgan fingerprint density at radius 3 is 3.06 bits per heavy atom. The van der Waals surface area contributed by atoms with E-state index in [9.17, 15) is 10.1 Å². The second-order valence-corrected chi connectivity index (χ2v) is 4.76. The summed E-state index contributed by atoms with van der Waals surface area (Å²) in [5.41, 5.74) is 0.648. The Hall–Kier alpha value is -1.65. The Kier molecular flexibility index (Phi) is 3.56. The standard InChI is InChI=1S/C12H17N3O2/c1-9-3-2-4-10(7-9)14-11-5-6-13-8-12(11)15(16)17/h5-6,8-10H,2-4,7H2,1H3,(H,13,14). The van der Waals surface area contributed by atoms with Gasteiger partial charge in [-0.1, -0.05) is 19.8 Å². The first-order valence-corrected chi connectivity index (χ1v) is 6.01. The van der Waals surface area contributed by atoms with Crippen molar-refractivity contribution in [2.24, 2.45) is 5.92 Å². The molecular weight excluding hydrogens is 218 g/mol. The molecule has 0 bridgehead atoms. The molecule has 1 fully saturated rings. The fourth-order valence-corrected chi connectivity index (χ4v) is 2.44. The lowest BCUT2D eigenvalue weighted by molar-refractivity contribution is -0.384. The number of rotatable bonds is 3. The molecule has 17 heavy (non-hydrogen) atoms. The van der Waals surface area contributed by atoms with E-state index in [2.05, 4.69) is 17.2 Å². The van der Waals surface area contributed by atoms with Gasteiger partial charge in [0, 0.05) is 12.2 Å². The zero-order valence-corrected chi connectivity index (χ0v) is 9.93. The van der Waals surface area contributed by atoms with Gasteiger partial charge in [-0.3, -0.25) is 15.1 Å². The summed E-state index contributed by atoms with van der Waals surface area (Å²) in [4.78, 5) is 14.3. The predicted molar refractivity (Wildman–Crippen MR) is 65.9 cm³/mol. The van der Waals surface area contributed by atoms with Crippen LogP contribution in [0, 0.1) is 16.0 Å². The van der Waals surface area contributed by atoms with Crippen LogP contribution in [0.25, 0.3) is 0 Å². The Labute approximate surface area is 100 Å². The van der Waals surface area contributed by atoms with E-state index in [0.717, 1.165) is 12.8 Å². The Balaban J connectivity index is 2.10. The molecule has 1 aromatic heterocycles. The summed E-state index contributed by atoms with van der Waals surface area (Å²) in [6.45, 7) is 2.23. The van der Waals surface area contributed by atoms with Crippen LogP contribution in [0.1, 0.15) is 32.6 Å². The normalized spacial score (nSPS) is 24.3. The lowest BCUT2D eigenvalue weighted by atomic mass is 9.87. The molecule has 92 valence electrons. The average molecular weight is 235 g/mol. The minimum absolute atomic E-state index is 0.0609. The molecule has 1 heterocycles. The van der Waals surface area contributed by atoms with Crippen LogP contribution in [0.4, 0.5) is 11.4 Å². The predicted octanol–water partition coefficient (Wildman–Crippen LogP) is 2.98. The van der Waals surface area contributed by atoms with Crippen LogP contribution in [0.2, 0.25) is 0 Å². The van der Waals surface area contributed by atoms with Gasteiger partial charge < -0.3 is 5.32 Å². The zero-order chi connectivity index (χ0) is 12.3. The summed E-state index contributed by atoms with van der Waals surface area (Å²) < 4.78 is 0. The van der Waals surface area contributed by atoms with E-state index in [4.69, 9.17) is 0 Å². The van der Waals surface area contributed by atoms with Crippen molar-refractivity contribution in [3.05, 3.63) is 28.6 Å². The third-order valence-corrected chi connectivity index (χ3v) is 3.29. The van der Waals surface area contributed by atoms with Gasteiger partial charge in [-0.15, -0.1) is 0 Å². The van der Waals surface area contributed by atoms with E-state index in [1.54, 1.807) is 12.3 Å². The van der Waals surface area contributed by atoms with Crippen molar-refractivity contribution in [2.75, 3.05) is 5.32 Å². The van der Waals surface area contributed by atoms with Crippen LogP contribution in [0.3, 0.4) is 0 Å². The molecular formula is C12H17N3O2. The summed E-state index contributed by atoms with van der Waals surface area (Å²) in [7, 11) is 0. The third kappa shape index (κ3) is 2.93. The van der Waals surface area contributed by atoms with Crippen LogP contribution in [0.15, 0.2) is 18.5 Å². The van der Waals surface area contributed by atoms with Crippen molar-refractivity contribution < 1.29 is 4.92 Å². The van der Waals surface area contributed by atoms with Crippen LogP contribution in [0.5, 0.6) is 0 Å². The molecule has 0 radical (unpaired) electrons. The second kappa shape index (κ2) is 5.12. The Morgan fingerprint density at radius 1 is 1.53 bits per heavy atom. The van der Waals surface area contributed by atoms with Gasteiger partial charge in [0.25, 0.3) is 0 Å². The van der Waals surface area contributed by atoms with Crippen LogP contribution >= 0.6 is 0 Å². The molecule has 2 atom stereocenters. The smallest absolute Gasteiger partial charge is 0.310 e. The van der Waals surface area contributed by atoms with Gasteiger partial charge in [0.2, 0.25) is 0 Å². The van der Waals surface area contributed by atoms with Gasteiger partial charge in [0.05, 0.1) is 4.92 Å². The van der Waals surface area contributed by atoms with Gasteiger partial charge >= 0.3 is 5.69 Å². The van der Waals surface area contributed by atoms with E-state index in [-0.39, 0.29) is 10.6 Å². The molecule has 0 saturated heterocycles. The van der Waals surface area contributed by atoms with E-state index >= 15 is 0 Å². The number of anilines is 1. The first-order chi connectivity index (χ1) is 8.16. The fraction of sp³-hybridized carbons (Fsp3) is 0.583. The summed E-state index contributed by atoms with van der Waals surface area (Å²) in [5.74, 6) is 0.696. The van der Waals surface area contributed by atoms with E-state index in [1.165, 1.54) is 19.0 Å². The molecule has 0 aliphatic heterocycles. The number of aromatic nitrogens is 1. The topological polar surface area (TPSA) is 68.1 Å². The highest BCUT2D eigenvalue weighted by Gasteiger charge is 2.21. The molecule has 1 aliphatic carbocycles. The highest BCUT2D eigenvalue weighted by Crippen LogP contribution is 2.29. The van der Waals surface area contributed by atoms with Crippen LogP contribution in [-0.2, 0) is 0 Å². The maximum absolute atomic E-state index is 10.9. The summed E-state index contributed by atoms with van der Waals surface area (Å²) in [6, 6.07) is 2.03. The minimum Gasteiger partial charge on any atom is -0.377 e. The van der Waals surface area contributed by atoms with Crippen LogP contribution in [-0.4, -0.2) is 15.9 Å². The number of nitrogens with one attached hydrogen (secondary N) is 1. The first-order valence-electron chi connectivity index (χ1n) is 6.01. The molecule has 1 saturated carbocycles. The van der Waals surface area contributed by atoms with Crippen molar-refractivity contribution in [3.63, 3.8) is 0 Å². The minimum atomic E-state index is -0.387. The quantitative estimate of drug-likeness (QED) is 0.646. The van der Waals surface area contributed by atoms with Crippen molar-refractivity contribution in [1.82, 2.24) is 4.98 Å². The Morgan fingerprint density at radius 2 is 2.35 bits per heavy atom. The number of nitro groups is 1. The Bertz CT molecular complexity index is 408. The van der Waals surface area contributed by atoms with Crippen molar-refractivity contribution in [2.45, 2.75) is 38.6 Å². The van der Waals surface area contributed by atoms with Crippen molar-refractivity contribution >= 4 is 11.4 Å². The number of hydrogen-bond donors (Lipinski definition) is 1. The highest BCUT2D eigenvalue weighted by molar-refractivity contribution is 5.60. The van der Waals surface area contributed by atoms with E-state index in [0.29, 0.717) is 17.6 Å². The van der Waals surface area contributed by atoms with Gasteiger partial charge in [0.1, 0.15) is 11.9 Å². The maximum Gasteiger partial charge on any atom is 0.310 e. The highest BCUT2D eigenvalue weighted by atomic mass is 16.6. The third-order valence-electron chi connectivity index (χ3n) is 3.29. The largest absolute Gasteiger partial charge is 0.377 e. The lowest BCUT2D eigenvalue weighted by Gasteiger charge is -2.28. The summed E-state index contributed by atoms with van der Waals surface area (Å²) in [6.07, 6.45) is 7.51. The average Bonchev–Trinajstić information content (AvgIpc) is 2.29. The number of hydrogen-bond acceptors (Lipinski definition) is 4. The molecule has 2 unspecified atom stereocenters. The molecule has 1 aromatic rings. The summed E-state index contributed by atoms with van der Waals surface area (Å²) >= 11 is 0. The van der Waals surface area contributed by atoms with Crippen molar-refractivity contribution in [3.8, 4) is 0 Å². The van der Waals surface area contributed by atoms with Gasteiger partial charge in [-0.2, -0.15) is 0 Å². The molecule has 2 rings (SSSR count). The first kappa shape index (κ1) is 11.8. The zero-order valence-electron chi connectivity index (χ0n) is 9.93. The fourth-order valence-electron chi connectivity index (χ4n) is 2.44. The SMILES string of the molecule is CC1CCCC(Nc2ccncc2[N+](=O)[O-])C1. The molecule has 5 heteroatoms. The molecule has 0 spiro atoms. The second-order valence-electron chi connectivity index (χ2n) is 4.76. The maximum atomic E-state index is 10.9. The molecule has 0 amide bonds. The van der Waals surface area contributed by atoms with Gasteiger partial charge in [0.15, 0.2) is 0 Å². The van der Waals surface area contributed by atoms with Gasteiger partial charge in [-0.05, 0) is 24.8 Å². The molecule has 1 N–H and O–H groups in total. The van der Waals surface area contributed by atoms with Crippen LogP contribution < -0.4 is 5.32 Å². The number of nitrogens with zero attached hydrogens (tertiary/aromatic N) is 2. The number of pyridine rings is 1. The molecule has 1 aliphatic rings. The van der Waals surface area contributed by atoms with E-state index in [1.807, 2.05) is 0 Å². The van der Waals surface area contributed by atoms with Crippen molar-refractivity contribution in [1.29, 1.82) is 0 Å². The van der Waals surface area contributed by atoms with Gasteiger partial charge in [-0.25, -0.2) is 0 Å². The molecule has 5 nitrogen and oxygen atoms in total.